The van der Waals surface area contributed by atoms with E-state index in [0.29, 0.717) is 0 Å². The molecule has 0 bridgehead atoms. The minimum atomic E-state index is -4.36. The number of halogens is 5. The average molecular weight is 311 g/mol. The van der Waals surface area contributed by atoms with Crippen LogP contribution in [0, 0.1) is 11.6 Å². The molecule has 0 aliphatic rings. The van der Waals surface area contributed by atoms with E-state index in [4.69, 9.17) is 4.74 Å². The lowest BCUT2D eigenvalue weighted by molar-refractivity contribution is -0.147. The maximum atomic E-state index is 13.0. The lowest BCUT2D eigenvalue weighted by atomic mass is 10.3. The smallest absolute Gasteiger partial charge is 0.390 e. The van der Waals surface area contributed by atoms with Gasteiger partial charge in [0.2, 0.25) is 0 Å². The molecule has 0 saturated heterocycles. The van der Waals surface area contributed by atoms with E-state index in [1.807, 2.05) is 0 Å². The summed E-state index contributed by atoms with van der Waals surface area (Å²) in [5.74, 6) is -2.98. The Balaban J connectivity index is 2.59. The van der Waals surface area contributed by atoms with Gasteiger partial charge in [-0.1, -0.05) is 0 Å². The zero-order chi connectivity index (χ0) is 16.2. The van der Waals surface area contributed by atoms with Gasteiger partial charge in [-0.05, 0) is 19.1 Å². The fraction of sp³-hybridized carbons (Fsp3) is 0.462. The highest BCUT2D eigenvalue weighted by Gasteiger charge is 2.29. The van der Waals surface area contributed by atoms with E-state index in [9.17, 15) is 26.7 Å². The second-order valence-electron chi connectivity index (χ2n) is 4.46. The van der Waals surface area contributed by atoms with Gasteiger partial charge >= 0.3 is 6.18 Å². The number of carbonyl (C=O) groups is 1. The number of amides is 1. The van der Waals surface area contributed by atoms with E-state index >= 15 is 0 Å². The molecule has 0 fully saturated rings. The Morgan fingerprint density at radius 2 is 1.90 bits per heavy atom. The molecule has 0 aromatic heterocycles. The summed E-state index contributed by atoms with van der Waals surface area (Å²) in [6.07, 6.45) is -6.61. The number of rotatable bonds is 5. The lowest BCUT2D eigenvalue weighted by Crippen LogP contribution is -2.39. The first-order valence-electron chi connectivity index (χ1n) is 6.03. The molecule has 1 aromatic rings. The van der Waals surface area contributed by atoms with Crippen molar-refractivity contribution in [3.63, 3.8) is 0 Å². The van der Waals surface area contributed by atoms with Crippen LogP contribution >= 0.6 is 0 Å². The van der Waals surface area contributed by atoms with Gasteiger partial charge in [0.25, 0.3) is 5.91 Å². The van der Waals surface area contributed by atoms with Crippen molar-refractivity contribution in [3.8, 4) is 5.75 Å². The van der Waals surface area contributed by atoms with Crippen molar-refractivity contribution < 1.29 is 31.5 Å². The molecule has 0 N–H and O–H groups in total. The van der Waals surface area contributed by atoms with Gasteiger partial charge in [0.05, 0.1) is 6.42 Å². The van der Waals surface area contributed by atoms with E-state index in [2.05, 4.69) is 0 Å². The van der Waals surface area contributed by atoms with Gasteiger partial charge in [-0.2, -0.15) is 13.2 Å². The molecule has 1 rings (SSSR count). The summed E-state index contributed by atoms with van der Waals surface area (Å²) in [6, 6.07) is 2.71. The molecule has 0 unspecified atom stereocenters. The van der Waals surface area contributed by atoms with Crippen LogP contribution < -0.4 is 4.74 Å². The molecular formula is C13H14F5NO2. The molecule has 3 nitrogen and oxygen atoms in total. The van der Waals surface area contributed by atoms with Crippen molar-refractivity contribution in [2.75, 3.05) is 13.6 Å². The minimum Gasteiger partial charge on any atom is -0.481 e. The van der Waals surface area contributed by atoms with Crippen molar-refractivity contribution >= 4 is 5.91 Å². The second-order valence-corrected chi connectivity index (χ2v) is 4.46. The molecule has 118 valence electrons. The number of benzene rings is 1. The summed E-state index contributed by atoms with van der Waals surface area (Å²) in [7, 11) is 1.21. The van der Waals surface area contributed by atoms with Crippen molar-refractivity contribution in [2.45, 2.75) is 25.6 Å². The van der Waals surface area contributed by atoms with E-state index in [1.165, 1.54) is 14.0 Å². The van der Waals surface area contributed by atoms with E-state index in [1.54, 1.807) is 0 Å². The molecule has 21 heavy (non-hydrogen) atoms. The molecule has 1 aromatic carbocycles. The highest BCUT2D eigenvalue weighted by molar-refractivity contribution is 5.80. The Hall–Kier alpha value is -1.86. The summed E-state index contributed by atoms with van der Waals surface area (Å²) in [6.45, 7) is 0.807. The van der Waals surface area contributed by atoms with E-state index in [-0.39, 0.29) is 5.75 Å². The molecule has 0 aliphatic carbocycles. The molecule has 0 radical (unpaired) electrons. The van der Waals surface area contributed by atoms with Crippen LogP contribution in [0.1, 0.15) is 13.3 Å². The molecule has 8 heteroatoms. The van der Waals surface area contributed by atoms with E-state index < -0.39 is 42.8 Å². The van der Waals surface area contributed by atoms with Crippen LogP contribution in [0.2, 0.25) is 0 Å². The first-order valence-corrected chi connectivity index (χ1v) is 6.03. The van der Waals surface area contributed by atoms with Crippen LogP contribution in [0.5, 0.6) is 5.75 Å². The number of ether oxygens (including phenoxy) is 1. The first kappa shape index (κ1) is 17.2. The maximum Gasteiger partial charge on any atom is 0.390 e. The highest BCUT2D eigenvalue weighted by Crippen LogP contribution is 2.20. The van der Waals surface area contributed by atoms with Crippen molar-refractivity contribution in [1.82, 2.24) is 4.90 Å². The molecule has 1 atom stereocenters. The Kier molecular flexibility index (Phi) is 5.51. The van der Waals surface area contributed by atoms with Crippen LogP contribution in [0.3, 0.4) is 0 Å². The molecule has 0 heterocycles. The van der Waals surface area contributed by atoms with Gasteiger partial charge in [-0.3, -0.25) is 4.79 Å². The third-order valence-corrected chi connectivity index (χ3v) is 2.66. The number of hydrogen-bond donors (Lipinski definition) is 0. The number of alkyl halides is 3. The second kappa shape index (κ2) is 6.73. The number of nitrogens with zero attached hydrogens (tertiary/aromatic N) is 1. The summed E-state index contributed by atoms with van der Waals surface area (Å²) in [5.41, 5.74) is 0. The Morgan fingerprint density at radius 3 is 2.43 bits per heavy atom. The molecule has 0 aliphatic heterocycles. The molecule has 0 saturated carbocycles. The fourth-order valence-corrected chi connectivity index (χ4v) is 1.52. The van der Waals surface area contributed by atoms with E-state index in [0.717, 1.165) is 23.1 Å². The standard InChI is InChI=1S/C13H14F5NO2/c1-8(12(20)19(2)6-5-13(16,17)18)21-9-3-4-10(14)11(15)7-9/h3-4,7-8H,5-6H2,1-2H3/t8-/m0/s1. The van der Waals surface area contributed by atoms with Crippen LogP contribution in [0.4, 0.5) is 22.0 Å². The minimum absolute atomic E-state index is 0.0843. The fourth-order valence-electron chi connectivity index (χ4n) is 1.52. The van der Waals surface area contributed by atoms with Crippen LogP contribution in [0.25, 0.3) is 0 Å². The third-order valence-electron chi connectivity index (χ3n) is 2.66. The summed E-state index contributed by atoms with van der Waals surface area (Å²) < 4.78 is 67.0. The number of hydrogen-bond acceptors (Lipinski definition) is 2. The summed E-state index contributed by atoms with van der Waals surface area (Å²) in [4.78, 5) is 12.7. The van der Waals surface area contributed by atoms with Crippen molar-refractivity contribution in [1.29, 1.82) is 0 Å². The van der Waals surface area contributed by atoms with Gasteiger partial charge in [-0.15, -0.1) is 0 Å². The lowest BCUT2D eigenvalue weighted by Gasteiger charge is -2.22. The average Bonchev–Trinajstić information content (AvgIpc) is 2.38. The zero-order valence-electron chi connectivity index (χ0n) is 11.4. The SMILES string of the molecule is C[C@H](Oc1ccc(F)c(F)c1)C(=O)N(C)CCC(F)(F)F. The topological polar surface area (TPSA) is 29.5 Å². The first-order chi connectivity index (χ1) is 9.60. The zero-order valence-corrected chi connectivity index (χ0v) is 11.4. The number of likely N-dealkylation sites (N-methyl/N-ethyl adjacent to an activating group) is 1. The van der Waals surface area contributed by atoms with Gasteiger partial charge in [0.1, 0.15) is 5.75 Å². The number of carbonyl (C=O) groups excluding carboxylic acids is 1. The Labute approximate surface area is 118 Å². The molecular weight excluding hydrogens is 297 g/mol. The Morgan fingerprint density at radius 1 is 1.29 bits per heavy atom. The van der Waals surface area contributed by atoms with Gasteiger partial charge in [-0.25, -0.2) is 8.78 Å². The summed E-state index contributed by atoms with van der Waals surface area (Å²) in [5, 5.41) is 0. The van der Waals surface area contributed by atoms with Crippen LogP contribution in [-0.2, 0) is 4.79 Å². The highest BCUT2D eigenvalue weighted by atomic mass is 19.4. The monoisotopic (exact) mass is 311 g/mol. The normalized spacial score (nSPS) is 12.9. The van der Waals surface area contributed by atoms with Crippen molar-refractivity contribution in [2.24, 2.45) is 0 Å². The quantitative estimate of drug-likeness (QED) is 0.782. The molecule has 1 amide bonds. The predicted octanol–water partition coefficient (Wildman–Crippen LogP) is 3.14. The van der Waals surface area contributed by atoms with Crippen LogP contribution in [0.15, 0.2) is 18.2 Å². The van der Waals surface area contributed by atoms with Gasteiger partial charge in [0, 0.05) is 19.7 Å². The maximum absolute atomic E-state index is 13.0. The predicted molar refractivity (Wildman–Crippen MR) is 64.8 cm³/mol. The largest absolute Gasteiger partial charge is 0.481 e. The van der Waals surface area contributed by atoms with Crippen LogP contribution in [-0.4, -0.2) is 36.7 Å². The Bertz CT molecular complexity index is 504. The van der Waals surface area contributed by atoms with Gasteiger partial charge in [0.15, 0.2) is 17.7 Å². The molecule has 0 spiro atoms. The van der Waals surface area contributed by atoms with Crippen molar-refractivity contribution in [3.05, 3.63) is 29.8 Å². The third kappa shape index (κ3) is 5.57. The van der Waals surface area contributed by atoms with Gasteiger partial charge < -0.3 is 9.64 Å². The summed E-state index contributed by atoms with van der Waals surface area (Å²) >= 11 is 0.